The number of hydrogen-bond donors (Lipinski definition) is 2. The van der Waals surface area contributed by atoms with Crippen molar-refractivity contribution >= 4 is 17.3 Å². The number of aryl methyl sites for hydroxylation is 1. The van der Waals surface area contributed by atoms with Gasteiger partial charge in [-0.25, -0.2) is 0 Å². The Morgan fingerprint density at radius 3 is 2.95 bits per heavy atom. The summed E-state index contributed by atoms with van der Waals surface area (Å²) in [5, 5.41) is 16.8. The summed E-state index contributed by atoms with van der Waals surface area (Å²) in [6, 6.07) is 4.84. The van der Waals surface area contributed by atoms with E-state index in [1.54, 1.807) is 12.1 Å². The first kappa shape index (κ1) is 13.5. The molecule has 1 unspecified atom stereocenters. The van der Waals surface area contributed by atoms with Crippen LogP contribution in [0.5, 0.6) is 0 Å². The second kappa shape index (κ2) is 5.79. The summed E-state index contributed by atoms with van der Waals surface area (Å²) in [5.41, 5.74) is 1.22. The van der Waals surface area contributed by atoms with Crippen molar-refractivity contribution in [2.24, 2.45) is 5.92 Å². The number of hydrogen-bond acceptors (Lipinski definition) is 4. The molecule has 6 heteroatoms. The van der Waals surface area contributed by atoms with Crippen LogP contribution in [0, 0.1) is 16.0 Å². The number of nitro benzene ring substituents is 1. The molecule has 0 aliphatic carbocycles. The molecule has 1 aromatic carbocycles. The highest BCUT2D eigenvalue weighted by Crippen LogP contribution is 2.24. The number of benzene rings is 1. The lowest BCUT2D eigenvalue weighted by molar-refractivity contribution is -0.385. The number of amides is 1. The Morgan fingerprint density at radius 1 is 1.58 bits per heavy atom. The van der Waals surface area contributed by atoms with Gasteiger partial charge in [0.15, 0.2) is 0 Å². The monoisotopic (exact) mass is 263 g/mol. The van der Waals surface area contributed by atoms with Crippen LogP contribution in [-0.4, -0.2) is 23.9 Å². The smallest absolute Gasteiger partial charge is 0.274 e. The highest BCUT2D eigenvalue weighted by atomic mass is 16.6. The Bertz CT molecular complexity index is 496. The van der Waals surface area contributed by atoms with Crippen molar-refractivity contribution in [2.75, 3.05) is 18.4 Å². The van der Waals surface area contributed by atoms with Crippen LogP contribution in [0.1, 0.15) is 18.9 Å². The van der Waals surface area contributed by atoms with Crippen molar-refractivity contribution in [1.29, 1.82) is 0 Å². The van der Waals surface area contributed by atoms with Gasteiger partial charge in [0, 0.05) is 23.9 Å². The lowest BCUT2D eigenvalue weighted by Crippen LogP contribution is -2.24. The molecule has 1 atom stereocenters. The summed E-state index contributed by atoms with van der Waals surface area (Å²) in [4.78, 5) is 22.5. The van der Waals surface area contributed by atoms with Crippen LogP contribution in [0.25, 0.3) is 0 Å². The molecule has 0 radical (unpaired) electrons. The topological polar surface area (TPSA) is 84.3 Å². The summed E-state index contributed by atoms with van der Waals surface area (Å²) < 4.78 is 0. The third-order valence-electron chi connectivity index (χ3n) is 3.36. The SMILES string of the molecule is CCc1ccc(NC(=O)C2CCNC2)cc1[N+](=O)[O-]. The van der Waals surface area contributed by atoms with E-state index < -0.39 is 4.92 Å². The van der Waals surface area contributed by atoms with Crippen LogP contribution in [0.2, 0.25) is 0 Å². The van der Waals surface area contributed by atoms with Crippen LogP contribution in [-0.2, 0) is 11.2 Å². The van der Waals surface area contributed by atoms with E-state index in [1.165, 1.54) is 6.07 Å². The predicted octanol–water partition coefficient (Wildman–Crippen LogP) is 1.71. The molecule has 1 amide bonds. The minimum Gasteiger partial charge on any atom is -0.326 e. The molecule has 1 aliphatic rings. The molecule has 19 heavy (non-hydrogen) atoms. The molecule has 2 rings (SSSR count). The van der Waals surface area contributed by atoms with Gasteiger partial charge in [0.2, 0.25) is 5.91 Å². The van der Waals surface area contributed by atoms with Gasteiger partial charge in [-0.2, -0.15) is 0 Å². The van der Waals surface area contributed by atoms with Crippen molar-refractivity contribution < 1.29 is 9.72 Å². The van der Waals surface area contributed by atoms with E-state index in [4.69, 9.17) is 0 Å². The van der Waals surface area contributed by atoms with Gasteiger partial charge in [0.25, 0.3) is 5.69 Å². The number of carbonyl (C=O) groups is 1. The van der Waals surface area contributed by atoms with Crippen LogP contribution in [0.4, 0.5) is 11.4 Å². The standard InChI is InChI=1S/C13H17N3O3/c1-2-9-3-4-11(7-12(9)16(18)19)15-13(17)10-5-6-14-8-10/h3-4,7,10,14H,2,5-6,8H2,1H3,(H,15,17). The molecular formula is C13H17N3O3. The van der Waals surface area contributed by atoms with Crippen molar-refractivity contribution in [3.8, 4) is 0 Å². The maximum atomic E-state index is 11.9. The number of nitrogens with zero attached hydrogens (tertiary/aromatic N) is 1. The molecule has 6 nitrogen and oxygen atoms in total. The summed E-state index contributed by atoms with van der Waals surface area (Å²) in [6.07, 6.45) is 1.40. The fraction of sp³-hybridized carbons (Fsp3) is 0.462. The second-order valence-corrected chi connectivity index (χ2v) is 4.63. The molecule has 0 aromatic heterocycles. The normalized spacial score (nSPS) is 18.3. The van der Waals surface area contributed by atoms with E-state index in [-0.39, 0.29) is 17.5 Å². The van der Waals surface area contributed by atoms with E-state index in [9.17, 15) is 14.9 Å². The second-order valence-electron chi connectivity index (χ2n) is 4.63. The van der Waals surface area contributed by atoms with Crippen molar-refractivity contribution in [3.63, 3.8) is 0 Å². The van der Waals surface area contributed by atoms with E-state index in [0.717, 1.165) is 13.0 Å². The van der Waals surface area contributed by atoms with E-state index in [0.29, 0.717) is 24.2 Å². The molecule has 1 heterocycles. The molecule has 2 N–H and O–H groups in total. The third kappa shape index (κ3) is 3.08. The molecule has 0 spiro atoms. The lowest BCUT2D eigenvalue weighted by Gasteiger charge is -2.10. The molecular weight excluding hydrogens is 246 g/mol. The maximum absolute atomic E-state index is 11.9. The number of rotatable bonds is 4. The van der Waals surface area contributed by atoms with Gasteiger partial charge in [-0.1, -0.05) is 13.0 Å². The number of carbonyl (C=O) groups excluding carboxylic acids is 1. The molecule has 1 saturated heterocycles. The van der Waals surface area contributed by atoms with Crippen LogP contribution >= 0.6 is 0 Å². The average molecular weight is 263 g/mol. The zero-order chi connectivity index (χ0) is 13.8. The largest absolute Gasteiger partial charge is 0.326 e. The fourth-order valence-corrected chi connectivity index (χ4v) is 2.23. The quantitative estimate of drug-likeness (QED) is 0.639. The zero-order valence-corrected chi connectivity index (χ0v) is 10.8. The van der Waals surface area contributed by atoms with Crippen molar-refractivity contribution in [1.82, 2.24) is 5.32 Å². The van der Waals surface area contributed by atoms with Crippen LogP contribution in [0.3, 0.4) is 0 Å². The molecule has 1 aromatic rings. The van der Waals surface area contributed by atoms with Gasteiger partial charge in [0.05, 0.1) is 10.8 Å². The molecule has 0 bridgehead atoms. The predicted molar refractivity (Wildman–Crippen MR) is 72.1 cm³/mol. The third-order valence-corrected chi connectivity index (χ3v) is 3.36. The van der Waals surface area contributed by atoms with Gasteiger partial charge in [-0.05, 0) is 25.5 Å². The summed E-state index contributed by atoms with van der Waals surface area (Å²) in [5.74, 6) is -0.131. The minimum absolute atomic E-state index is 0.0510. The highest BCUT2D eigenvalue weighted by Gasteiger charge is 2.23. The number of nitro groups is 1. The van der Waals surface area contributed by atoms with Crippen molar-refractivity contribution in [2.45, 2.75) is 19.8 Å². The zero-order valence-electron chi connectivity index (χ0n) is 10.8. The first-order valence-corrected chi connectivity index (χ1v) is 6.40. The number of nitrogens with one attached hydrogen (secondary N) is 2. The molecule has 1 fully saturated rings. The van der Waals surface area contributed by atoms with Crippen LogP contribution < -0.4 is 10.6 Å². The van der Waals surface area contributed by atoms with Crippen LogP contribution in [0.15, 0.2) is 18.2 Å². The van der Waals surface area contributed by atoms with Gasteiger partial charge < -0.3 is 10.6 Å². The Kier molecular flexibility index (Phi) is 4.11. The average Bonchev–Trinajstić information content (AvgIpc) is 2.92. The van der Waals surface area contributed by atoms with E-state index in [1.807, 2.05) is 6.92 Å². The van der Waals surface area contributed by atoms with Gasteiger partial charge in [0.1, 0.15) is 0 Å². The maximum Gasteiger partial charge on any atom is 0.274 e. The highest BCUT2D eigenvalue weighted by molar-refractivity contribution is 5.93. The molecule has 0 saturated carbocycles. The Balaban J connectivity index is 2.14. The van der Waals surface area contributed by atoms with E-state index in [2.05, 4.69) is 10.6 Å². The molecule has 1 aliphatic heterocycles. The van der Waals surface area contributed by atoms with Gasteiger partial charge in [-0.3, -0.25) is 14.9 Å². The Hall–Kier alpha value is -1.95. The van der Waals surface area contributed by atoms with Gasteiger partial charge >= 0.3 is 0 Å². The Morgan fingerprint density at radius 2 is 2.37 bits per heavy atom. The lowest BCUT2D eigenvalue weighted by atomic mass is 10.1. The first-order valence-electron chi connectivity index (χ1n) is 6.40. The summed E-state index contributed by atoms with van der Waals surface area (Å²) in [7, 11) is 0. The van der Waals surface area contributed by atoms with E-state index >= 15 is 0 Å². The Labute approximate surface area is 111 Å². The first-order chi connectivity index (χ1) is 9.11. The fourth-order valence-electron chi connectivity index (χ4n) is 2.23. The molecule has 102 valence electrons. The van der Waals surface area contributed by atoms with Crippen molar-refractivity contribution in [3.05, 3.63) is 33.9 Å². The summed E-state index contributed by atoms with van der Waals surface area (Å²) >= 11 is 0. The number of anilines is 1. The minimum atomic E-state index is -0.411. The summed E-state index contributed by atoms with van der Waals surface area (Å²) in [6.45, 7) is 3.37. The van der Waals surface area contributed by atoms with Gasteiger partial charge in [-0.15, -0.1) is 0 Å².